The van der Waals surface area contributed by atoms with Gasteiger partial charge in [0.1, 0.15) is 0 Å². The van der Waals surface area contributed by atoms with Gasteiger partial charge < -0.3 is 15.1 Å². The first-order valence-corrected chi connectivity index (χ1v) is 8.00. The van der Waals surface area contributed by atoms with Crippen molar-refractivity contribution >= 4 is 17.4 Å². The molecule has 23 heavy (non-hydrogen) atoms. The molecule has 1 aromatic rings. The Kier molecular flexibility index (Phi) is 4.71. The van der Waals surface area contributed by atoms with E-state index < -0.39 is 4.92 Å². The van der Waals surface area contributed by atoms with Crippen LogP contribution >= 0.6 is 0 Å². The largest absolute Gasteiger partial charge is 0.350 e. The van der Waals surface area contributed by atoms with Crippen molar-refractivity contribution in [2.75, 3.05) is 44.2 Å². The van der Waals surface area contributed by atoms with Crippen LogP contribution in [0.5, 0.6) is 0 Å². The minimum absolute atomic E-state index is 0.00257. The molecule has 2 aliphatic rings. The topological polar surface area (TPSA) is 91.6 Å². The number of nitrogens with zero attached hydrogens (tertiary/aromatic N) is 4. The summed E-state index contributed by atoms with van der Waals surface area (Å²) in [7, 11) is 0. The first kappa shape index (κ1) is 15.7. The molecule has 0 saturated carbocycles. The monoisotopic (exact) mass is 319 g/mol. The summed E-state index contributed by atoms with van der Waals surface area (Å²) in [5.74, 6) is 0.425. The molecule has 0 aromatic carbocycles. The van der Waals surface area contributed by atoms with Crippen molar-refractivity contribution in [3.63, 3.8) is 0 Å². The summed E-state index contributed by atoms with van der Waals surface area (Å²) in [6.07, 6.45) is 3.24. The lowest BCUT2D eigenvalue weighted by Crippen LogP contribution is -2.51. The Morgan fingerprint density at radius 1 is 1.35 bits per heavy atom. The summed E-state index contributed by atoms with van der Waals surface area (Å²) in [5, 5.41) is 14.4. The number of piperidine rings is 1. The second-order valence-corrected chi connectivity index (χ2v) is 5.96. The van der Waals surface area contributed by atoms with Crippen LogP contribution in [0.3, 0.4) is 0 Å². The fourth-order valence-corrected chi connectivity index (χ4v) is 3.29. The molecule has 3 rings (SSSR count). The molecule has 8 heteroatoms. The zero-order valence-electron chi connectivity index (χ0n) is 13.0. The molecule has 3 heterocycles. The molecule has 0 radical (unpaired) electrons. The SMILES string of the molecule is O=C(C1CCCN(c2ncccc2[N+](=O)[O-])C1)N1CCNCC1. The van der Waals surface area contributed by atoms with Crippen LogP contribution in [0.2, 0.25) is 0 Å². The predicted octanol–water partition coefficient (Wildman–Crippen LogP) is 0.638. The minimum Gasteiger partial charge on any atom is -0.350 e. The van der Waals surface area contributed by atoms with E-state index in [1.165, 1.54) is 6.07 Å². The highest BCUT2D eigenvalue weighted by Gasteiger charge is 2.32. The normalized spacial score (nSPS) is 22.0. The minimum atomic E-state index is -0.413. The Morgan fingerprint density at radius 3 is 2.87 bits per heavy atom. The third kappa shape index (κ3) is 3.42. The molecule has 2 saturated heterocycles. The number of nitrogens with one attached hydrogen (secondary N) is 1. The van der Waals surface area contributed by atoms with Gasteiger partial charge in [-0.25, -0.2) is 4.98 Å². The van der Waals surface area contributed by atoms with Crippen molar-refractivity contribution in [3.05, 3.63) is 28.4 Å². The summed E-state index contributed by atoms with van der Waals surface area (Å²) in [4.78, 5) is 31.4. The van der Waals surface area contributed by atoms with Crippen LogP contribution in [-0.4, -0.2) is 60.0 Å². The van der Waals surface area contributed by atoms with Gasteiger partial charge in [-0.3, -0.25) is 14.9 Å². The summed E-state index contributed by atoms with van der Waals surface area (Å²) >= 11 is 0. The van der Waals surface area contributed by atoms with Gasteiger partial charge in [0, 0.05) is 51.5 Å². The number of nitro groups is 1. The van der Waals surface area contributed by atoms with Crippen molar-refractivity contribution in [1.82, 2.24) is 15.2 Å². The number of carbonyl (C=O) groups is 1. The molecule has 8 nitrogen and oxygen atoms in total. The van der Waals surface area contributed by atoms with Crippen molar-refractivity contribution in [3.8, 4) is 0 Å². The standard InChI is InChI=1S/C15H21N5O3/c21-15(18-9-6-16-7-10-18)12-3-2-8-19(11-12)14-13(20(22)23)4-1-5-17-14/h1,4-5,12,16H,2-3,6-11H2. The van der Waals surface area contributed by atoms with Gasteiger partial charge in [-0.05, 0) is 18.9 Å². The highest BCUT2D eigenvalue weighted by Crippen LogP contribution is 2.29. The van der Waals surface area contributed by atoms with Crippen LogP contribution in [0.15, 0.2) is 18.3 Å². The van der Waals surface area contributed by atoms with Crippen molar-refractivity contribution in [2.45, 2.75) is 12.8 Å². The second-order valence-electron chi connectivity index (χ2n) is 5.96. The van der Waals surface area contributed by atoms with Crippen LogP contribution in [0.1, 0.15) is 12.8 Å². The molecular formula is C15H21N5O3. The number of aromatic nitrogens is 1. The van der Waals surface area contributed by atoms with E-state index >= 15 is 0 Å². The third-order valence-electron chi connectivity index (χ3n) is 4.46. The quantitative estimate of drug-likeness (QED) is 0.649. The average molecular weight is 319 g/mol. The number of pyridine rings is 1. The molecule has 1 aromatic heterocycles. The summed E-state index contributed by atoms with van der Waals surface area (Å²) in [6.45, 7) is 4.32. The van der Waals surface area contributed by atoms with Gasteiger partial charge in [0.15, 0.2) is 0 Å². The van der Waals surface area contributed by atoms with Gasteiger partial charge >= 0.3 is 5.69 Å². The number of hydrogen-bond acceptors (Lipinski definition) is 6. The maximum atomic E-state index is 12.7. The molecule has 2 fully saturated rings. The number of piperazine rings is 1. The van der Waals surface area contributed by atoms with Crippen LogP contribution in [0.4, 0.5) is 11.5 Å². The summed E-state index contributed by atoms with van der Waals surface area (Å²) in [5.41, 5.74) is 0.00257. The molecule has 0 spiro atoms. The number of carbonyl (C=O) groups excluding carboxylic acids is 1. The Bertz CT molecular complexity index is 588. The lowest BCUT2D eigenvalue weighted by Gasteiger charge is -2.36. The maximum Gasteiger partial charge on any atom is 0.311 e. The van der Waals surface area contributed by atoms with Crippen LogP contribution in [-0.2, 0) is 4.79 Å². The molecule has 1 atom stereocenters. The van der Waals surface area contributed by atoms with E-state index in [0.29, 0.717) is 18.9 Å². The van der Waals surface area contributed by atoms with Crippen molar-refractivity contribution in [2.24, 2.45) is 5.92 Å². The fraction of sp³-hybridized carbons (Fsp3) is 0.600. The van der Waals surface area contributed by atoms with E-state index in [4.69, 9.17) is 0 Å². The van der Waals surface area contributed by atoms with E-state index in [2.05, 4.69) is 10.3 Å². The lowest BCUT2D eigenvalue weighted by atomic mass is 9.96. The number of hydrogen-bond donors (Lipinski definition) is 1. The number of anilines is 1. The van der Waals surface area contributed by atoms with E-state index in [-0.39, 0.29) is 17.5 Å². The van der Waals surface area contributed by atoms with Gasteiger partial charge in [-0.2, -0.15) is 0 Å². The first-order chi connectivity index (χ1) is 11.2. The molecule has 1 amide bonds. The zero-order chi connectivity index (χ0) is 16.2. The maximum absolute atomic E-state index is 12.7. The molecule has 1 unspecified atom stereocenters. The second kappa shape index (κ2) is 6.91. The first-order valence-electron chi connectivity index (χ1n) is 8.00. The zero-order valence-corrected chi connectivity index (χ0v) is 13.0. The van der Waals surface area contributed by atoms with Crippen LogP contribution in [0.25, 0.3) is 0 Å². The average Bonchev–Trinajstić information content (AvgIpc) is 2.62. The van der Waals surface area contributed by atoms with Gasteiger partial charge in [0.25, 0.3) is 0 Å². The highest BCUT2D eigenvalue weighted by molar-refractivity contribution is 5.80. The van der Waals surface area contributed by atoms with E-state index in [1.54, 1.807) is 12.3 Å². The lowest BCUT2D eigenvalue weighted by molar-refractivity contribution is -0.384. The van der Waals surface area contributed by atoms with Gasteiger partial charge in [-0.1, -0.05) is 0 Å². The van der Waals surface area contributed by atoms with Crippen molar-refractivity contribution < 1.29 is 9.72 Å². The predicted molar refractivity (Wildman–Crippen MR) is 85.3 cm³/mol. The van der Waals surface area contributed by atoms with Gasteiger partial charge in [0.2, 0.25) is 11.7 Å². The Morgan fingerprint density at radius 2 is 2.13 bits per heavy atom. The van der Waals surface area contributed by atoms with E-state index in [0.717, 1.165) is 39.0 Å². The van der Waals surface area contributed by atoms with Crippen molar-refractivity contribution in [1.29, 1.82) is 0 Å². The summed E-state index contributed by atoms with van der Waals surface area (Å²) < 4.78 is 0. The molecule has 1 N–H and O–H groups in total. The highest BCUT2D eigenvalue weighted by atomic mass is 16.6. The Labute approximate surface area is 134 Å². The molecule has 0 bridgehead atoms. The van der Waals surface area contributed by atoms with Crippen LogP contribution in [0, 0.1) is 16.0 Å². The van der Waals surface area contributed by atoms with E-state index in [1.807, 2.05) is 9.80 Å². The van der Waals surface area contributed by atoms with Gasteiger partial charge in [-0.15, -0.1) is 0 Å². The van der Waals surface area contributed by atoms with Gasteiger partial charge in [0.05, 0.1) is 10.8 Å². The third-order valence-corrected chi connectivity index (χ3v) is 4.46. The molecular weight excluding hydrogens is 298 g/mol. The molecule has 0 aliphatic carbocycles. The smallest absolute Gasteiger partial charge is 0.311 e. The number of rotatable bonds is 3. The Balaban J connectivity index is 1.73. The fourth-order valence-electron chi connectivity index (χ4n) is 3.29. The number of amides is 1. The molecule has 124 valence electrons. The Hall–Kier alpha value is -2.22. The molecule has 2 aliphatic heterocycles. The van der Waals surface area contributed by atoms with Crippen LogP contribution < -0.4 is 10.2 Å². The summed E-state index contributed by atoms with van der Waals surface area (Å²) in [6, 6.07) is 3.03. The van der Waals surface area contributed by atoms with E-state index in [9.17, 15) is 14.9 Å².